The minimum atomic E-state index is -5.74. The lowest BCUT2D eigenvalue weighted by molar-refractivity contribution is -0.0450. The van der Waals surface area contributed by atoms with Crippen molar-refractivity contribution in [2.45, 2.75) is 24.6 Å². The van der Waals surface area contributed by atoms with Crippen molar-refractivity contribution in [3.8, 4) is 0 Å². The quantitative estimate of drug-likeness (QED) is 0.212. The maximum absolute atomic E-state index is 14.8. The highest BCUT2D eigenvalue weighted by atomic mass is 31.3. The van der Waals surface area contributed by atoms with E-state index in [0.717, 1.165) is 10.9 Å². The van der Waals surface area contributed by atoms with E-state index in [-0.39, 0.29) is 17.1 Å². The molecule has 0 amide bonds. The van der Waals surface area contributed by atoms with Gasteiger partial charge in [0.25, 0.3) is 0 Å². The molecule has 0 aromatic carbocycles. The number of anilines is 2. The smallest absolute Gasteiger partial charge is 0.387 e. The molecule has 34 heavy (non-hydrogen) atoms. The van der Waals surface area contributed by atoms with E-state index in [9.17, 15) is 28.1 Å². The van der Waals surface area contributed by atoms with Gasteiger partial charge in [-0.3, -0.25) is 9.09 Å². The van der Waals surface area contributed by atoms with Gasteiger partial charge in [-0.05, 0) is 0 Å². The molecule has 2 unspecified atom stereocenters. The summed E-state index contributed by atoms with van der Waals surface area (Å²) in [5, 5.41) is 10.2. The molecule has 2 aromatic rings. The fourth-order valence-corrected chi connectivity index (χ4v) is 5.98. The third kappa shape index (κ3) is 6.15. The minimum Gasteiger partial charge on any atom is -0.387 e. The summed E-state index contributed by atoms with van der Waals surface area (Å²) < 4.78 is 66.7. The van der Waals surface area contributed by atoms with E-state index < -0.39 is 54.7 Å². The first-order valence-electron chi connectivity index (χ1n) is 8.93. The number of alkyl halides is 1. The van der Waals surface area contributed by atoms with Crippen LogP contribution in [-0.2, 0) is 31.6 Å². The normalized spacial score (nSPS) is 26.9. The monoisotopic (exact) mass is 552 g/mol. The number of aromatic nitrogens is 4. The molecule has 1 aliphatic rings. The van der Waals surface area contributed by atoms with Crippen LogP contribution in [0.1, 0.15) is 6.23 Å². The Balaban J connectivity index is 1.75. The zero-order valence-corrected chi connectivity index (χ0v) is 19.9. The third-order valence-electron chi connectivity index (χ3n) is 4.23. The number of phosphoric acid groups is 3. The second kappa shape index (κ2) is 9.46. The van der Waals surface area contributed by atoms with Crippen LogP contribution in [0.2, 0.25) is 0 Å². The van der Waals surface area contributed by atoms with Crippen molar-refractivity contribution in [2.75, 3.05) is 31.3 Å². The molecule has 0 radical (unpaired) electrons. The maximum atomic E-state index is 14.8. The molecule has 22 heteroatoms. The first kappa shape index (κ1) is 27.0. The topological polar surface area (TPSA) is 262 Å². The van der Waals surface area contributed by atoms with Gasteiger partial charge in [-0.15, -0.1) is 0 Å². The van der Waals surface area contributed by atoms with Crippen LogP contribution >= 0.6 is 23.5 Å². The zero-order valence-electron chi connectivity index (χ0n) is 17.2. The number of halogens is 1. The van der Waals surface area contributed by atoms with Crippen molar-refractivity contribution in [3.05, 3.63) is 6.33 Å². The molecule has 6 atom stereocenters. The van der Waals surface area contributed by atoms with Crippen molar-refractivity contribution >= 4 is 46.4 Å². The summed E-state index contributed by atoms with van der Waals surface area (Å²) >= 11 is 0. The summed E-state index contributed by atoms with van der Waals surface area (Å²) in [6.07, 6.45) is -6.03. The second-order valence-electron chi connectivity index (χ2n) is 7.01. The molecule has 1 saturated heterocycles. The van der Waals surface area contributed by atoms with Crippen LogP contribution in [0.3, 0.4) is 0 Å². The Morgan fingerprint density at radius 3 is 2.41 bits per heavy atom. The van der Waals surface area contributed by atoms with Gasteiger partial charge in [-0.1, -0.05) is 0 Å². The van der Waals surface area contributed by atoms with Gasteiger partial charge in [-0.25, -0.2) is 23.1 Å². The van der Waals surface area contributed by atoms with Gasteiger partial charge in [0.2, 0.25) is 5.95 Å². The van der Waals surface area contributed by atoms with Crippen LogP contribution in [-0.4, -0.2) is 83.3 Å². The van der Waals surface area contributed by atoms with E-state index in [4.69, 9.17) is 25.2 Å². The highest BCUT2D eigenvalue weighted by Gasteiger charge is 2.48. The summed E-state index contributed by atoms with van der Waals surface area (Å²) in [6, 6.07) is 0. The number of ether oxygens (including phenoxy) is 1. The van der Waals surface area contributed by atoms with E-state index in [1.807, 2.05) is 0 Å². The predicted molar refractivity (Wildman–Crippen MR) is 109 cm³/mol. The van der Waals surface area contributed by atoms with Crippen LogP contribution in [0, 0.1) is 0 Å². The Labute approximate surface area is 189 Å². The molecule has 3 heterocycles. The van der Waals surface area contributed by atoms with Crippen LogP contribution in [0.15, 0.2) is 6.33 Å². The fraction of sp³-hybridized carbons (Fsp3) is 0.583. The Morgan fingerprint density at radius 1 is 1.18 bits per heavy atom. The number of hydrogen-bond donors (Lipinski definition) is 6. The van der Waals surface area contributed by atoms with Crippen molar-refractivity contribution in [1.82, 2.24) is 19.5 Å². The highest BCUT2D eigenvalue weighted by Crippen LogP contribution is 2.66. The first-order valence-corrected chi connectivity index (χ1v) is 13.4. The summed E-state index contributed by atoms with van der Waals surface area (Å²) in [7, 11) is -13.5. The average molecular weight is 552 g/mol. The van der Waals surface area contributed by atoms with Crippen LogP contribution in [0.4, 0.5) is 16.2 Å². The first-order chi connectivity index (χ1) is 15.5. The average Bonchev–Trinajstić information content (AvgIpc) is 3.18. The number of fused-ring (bicyclic) bond motifs is 1. The Morgan fingerprint density at radius 2 is 1.82 bits per heavy atom. The lowest BCUT2D eigenvalue weighted by Crippen LogP contribution is -2.31. The Bertz CT molecular complexity index is 1210. The number of aliphatic hydroxyl groups excluding tert-OH is 1. The van der Waals surface area contributed by atoms with Gasteiger partial charge < -0.3 is 40.1 Å². The van der Waals surface area contributed by atoms with E-state index in [1.165, 1.54) is 0 Å². The fourth-order valence-electron chi connectivity index (χ4n) is 2.95. The highest BCUT2D eigenvalue weighted by molar-refractivity contribution is 7.66. The van der Waals surface area contributed by atoms with E-state index in [2.05, 4.69) is 28.1 Å². The summed E-state index contributed by atoms with van der Waals surface area (Å²) in [4.78, 5) is 49.4. The lowest BCUT2D eigenvalue weighted by atomic mass is 10.1. The number of aliphatic hydroxyl groups is 1. The predicted octanol–water partition coefficient (Wildman–Crippen LogP) is -0.586. The number of nitrogens with two attached hydrogens (primary N) is 1. The van der Waals surface area contributed by atoms with Crippen molar-refractivity contribution in [3.63, 3.8) is 0 Å². The number of imidazole rings is 1. The third-order valence-corrected chi connectivity index (χ3v) is 8.03. The van der Waals surface area contributed by atoms with Crippen LogP contribution in [0.25, 0.3) is 11.2 Å². The molecular formula is C12H20FN6O12P3. The van der Waals surface area contributed by atoms with Crippen LogP contribution < -0.4 is 10.6 Å². The Hall–Kier alpha value is -1.59. The molecule has 0 aliphatic carbocycles. The maximum Gasteiger partial charge on any atom is 0.490 e. The molecule has 0 bridgehead atoms. The summed E-state index contributed by atoms with van der Waals surface area (Å²) in [5.74, 6) is 0.163. The van der Waals surface area contributed by atoms with Gasteiger partial charge >= 0.3 is 23.5 Å². The Kier molecular flexibility index (Phi) is 7.51. The molecule has 0 spiro atoms. The largest absolute Gasteiger partial charge is 0.490 e. The lowest BCUT2D eigenvalue weighted by Gasteiger charge is -2.19. The van der Waals surface area contributed by atoms with Crippen molar-refractivity contribution in [1.29, 1.82) is 0 Å². The SMILES string of the molecule is CN(C)c1nc(N)nc2c1ncn2[C@@H]1O[C@H](COP(=O)(O)OP(=O)(O)OP(=O)(O)O)[C@@H](O)[C@@H]1F. The van der Waals surface area contributed by atoms with Gasteiger partial charge in [0.15, 0.2) is 29.4 Å². The van der Waals surface area contributed by atoms with Gasteiger partial charge in [-0.2, -0.15) is 18.6 Å². The van der Waals surface area contributed by atoms with Crippen molar-refractivity contribution in [2.24, 2.45) is 0 Å². The number of rotatable bonds is 9. The molecule has 0 saturated carbocycles. The molecule has 2 aromatic heterocycles. The van der Waals surface area contributed by atoms with E-state index >= 15 is 0 Å². The number of nitrogens with zero attached hydrogens (tertiary/aromatic N) is 5. The molecule has 1 fully saturated rings. The minimum absolute atomic E-state index is 0.0598. The molecular weight excluding hydrogens is 532 g/mol. The van der Waals surface area contributed by atoms with Gasteiger partial charge in [0, 0.05) is 14.1 Å². The molecule has 3 rings (SSSR count). The van der Waals surface area contributed by atoms with E-state index in [0.29, 0.717) is 5.82 Å². The molecule has 7 N–H and O–H groups in total. The summed E-state index contributed by atoms with van der Waals surface area (Å²) in [6.45, 7) is -1.05. The van der Waals surface area contributed by atoms with Crippen LogP contribution in [0.5, 0.6) is 0 Å². The second-order valence-corrected chi connectivity index (χ2v) is 11.4. The molecule has 192 valence electrons. The standard InChI is InChI=1S/C12H20FN6O12P3/c1-18(2)9-7-10(17-12(14)16-9)19(4-15-7)11-6(13)8(20)5(29-11)3-28-33(24,25)31-34(26,27)30-32(21,22)23/h4-6,8,11,20H,3H2,1-2H3,(H,24,25)(H,26,27)(H2,14,16,17)(H2,21,22,23)/t5-,6+,8-,11-/m1/s1. The molecule has 1 aliphatic heterocycles. The van der Waals surface area contributed by atoms with E-state index in [1.54, 1.807) is 19.0 Å². The van der Waals surface area contributed by atoms with Crippen molar-refractivity contribution < 1.29 is 60.6 Å². The van der Waals surface area contributed by atoms with Gasteiger partial charge in [0.1, 0.15) is 12.2 Å². The van der Waals surface area contributed by atoms with Gasteiger partial charge in [0.05, 0.1) is 12.9 Å². The molecule has 18 nitrogen and oxygen atoms in total. The number of hydrogen-bond acceptors (Lipinski definition) is 13. The summed E-state index contributed by atoms with van der Waals surface area (Å²) in [5.41, 5.74) is 5.99. The number of phosphoric ester groups is 1. The number of nitrogen functional groups attached to an aromatic ring is 1. The zero-order chi connectivity index (χ0) is 25.6.